The maximum atomic E-state index is 10.3. The summed E-state index contributed by atoms with van der Waals surface area (Å²) in [6.07, 6.45) is 0.207. The van der Waals surface area contributed by atoms with Crippen molar-refractivity contribution >= 4 is 0 Å². The minimum Gasteiger partial charge on any atom is -0.392 e. The number of hydrogen-bond donors (Lipinski definition) is 2. The van der Waals surface area contributed by atoms with Crippen LogP contribution in [0.1, 0.15) is 12.8 Å². The molecule has 6 atom stereocenters. The summed E-state index contributed by atoms with van der Waals surface area (Å²) in [7, 11) is 0. The number of rotatable bonds is 0. The van der Waals surface area contributed by atoms with Gasteiger partial charge < -0.3 is 14.9 Å². The predicted octanol–water partition coefficient (Wildman–Crippen LogP) is 1.43. The predicted molar refractivity (Wildman–Crippen MR) is 68.9 cm³/mol. The number of fused-ring (bicyclic) bond motifs is 3. The minimum atomic E-state index is -0.467. The summed E-state index contributed by atoms with van der Waals surface area (Å²) in [5.74, 6) is 0.218. The van der Waals surface area contributed by atoms with Gasteiger partial charge in [-0.15, -0.1) is 0 Å². The average Bonchev–Trinajstić information content (AvgIpc) is 2.78. The molecule has 0 radical (unpaired) electrons. The highest BCUT2D eigenvalue weighted by Crippen LogP contribution is 2.51. The van der Waals surface area contributed by atoms with Crippen molar-refractivity contribution < 1.29 is 14.9 Å². The van der Waals surface area contributed by atoms with E-state index in [1.165, 1.54) is 0 Å². The summed E-state index contributed by atoms with van der Waals surface area (Å²) in [5.41, 5.74) is 2.80. The molecule has 0 aromatic heterocycles. The average molecular weight is 248 g/mol. The Hall–Kier alpha value is -0.900. The zero-order valence-corrected chi connectivity index (χ0v) is 10.5. The standard InChI is InChI=1S/C15H20O3/c1-7-4-12(17)13-8(2)6-18-15(13)14-9(3)11(16)5-10(7)14/h10-17H,1-6H2/t10-,11-,12-,13+,14-,15-/m0/s1. The van der Waals surface area contributed by atoms with Crippen molar-refractivity contribution in [3.05, 3.63) is 36.5 Å². The molecule has 98 valence electrons. The van der Waals surface area contributed by atoms with Gasteiger partial charge in [0.25, 0.3) is 0 Å². The molecule has 0 spiro atoms. The van der Waals surface area contributed by atoms with E-state index in [0.29, 0.717) is 19.4 Å². The van der Waals surface area contributed by atoms with Crippen LogP contribution in [-0.4, -0.2) is 35.1 Å². The van der Waals surface area contributed by atoms with Crippen LogP contribution in [0.3, 0.4) is 0 Å². The van der Waals surface area contributed by atoms with E-state index in [1.54, 1.807) is 0 Å². The lowest BCUT2D eigenvalue weighted by Gasteiger charge is -2.27. The lowest BCUT2D eigenvalue weighted by Crippen LogP contribution is -2.33. The van der Waals surface area contributed by atoms with Gasteiger partial charge in [0, 0.05) is 11.8 Å². The van der Waals surface area contributed by atoms with Gasteiger partial charge in [-0.25, -0.2) is 0 Å². The van der Waals surface area contributed by atoms with Crippen LogP contribution in [0, 0.1) is 17.8 Å². The molecule has 2 N–H and O–H groups in total. The summed E-state index contributed by atoms with van der Waals surface area (Å²) < 4.78 is 5.83. The van der Waals surface area contributed by atoms with Crippen LogP contribution in [0.4, 0.5) is 0 Å². The van der Waals surface area contributed by atoms with Crippen molar-refractivity contribution in [1.29, 1.82) is 0 Å². The maximum absolute atomic E-state index is 10.3. The molecule has 3 fully saturated rings. The number of hydrogen-bond acceptors (Lipinski definition) is 3. The van der Waals surface area contributed by atoms with Crippen molar-refractivity contribution in [2.24, 2.45) is 17.8 Å². The van der Waals surface area contributed by atoms with Crippen molar-refractivity contribution in [3.63, 3.8) is 0 Å². The summed E-state index contributed by atoms with van der Waals surface area (Å²) in [6.45, 7) is 12.6. The molecule has 0 aromatic carbocycles. The summed E-state index contributed by atoms with van der Waals surface area (Å²) in [5, 5.41) is 20.3. The van der Waals surface area contributed by atoms with Crippen LogP contribution in [0.2, 0.25) is 0 Å². The third kappa shape index (κ3) is 1.54. The molecule has 2 saturated carbocycles. The van der Waals surface area contributed by atoms with Crippen LogP contribution >= 0.6 is 0 Å². The van der Waals surface area contributed by atoms with Crippen LogP contribution in [0.25, 0.3) is 0 Å². The van der Waals surface area contributed by atoms with Crippen LogP contribution in [0.15, 0.2) is 36.5 Å². The summed E-state index contributed by atoms with van der Waals surface area (Å²) in [4.78, 5) is 0. The molecule has 3 aliphatic rings. The zero-order valence-electron chi connectivity index (χ0n) is 10.5. The van der Waals surface area contributed by atoms with Gasteiger partial charge in [0.2, 0.25) is 0 Å². The van der Waals surface area contributed by atoms with Gasteiger partial charge in [0.05, 0.1) is 24.9 Å². The third-order valence-corrected chi connectivity index (χ3v) is 4.82. The van der Waals surface area contributed by atoms with Gasteiger partial charge in [-0.2, -0.15) is 0 Å². The van der Waals surface area contributed by atoms with Gasteiger partial charge in [-0.1, -0.05) is 25.3 Å². The van der Waals surface area contributed by atoms with E-state index in [4.69, 9.17) is 4.74 Å². The molecular formula is C15H20O3. The summed E-state index contributed by atoms with van der Waals surface area (Å²) in [6, 6.07) is 0. The smallest absolute Gasteiger partial charge is 0.0757 e. The second-order valence-electron chi connectivity index (χ2n) is 5.85. The van der Waals surface area contributed by atoms with Crippen molar-refractivity contribution in [2.45, 2.75) is 31.2 Å². The highest BCUT2D eigenvalue weighted by molar-refractivity contribution is 5.30. The van der Waals surface area contributed by atoms with E-state index in [1.807, 2.05) is 0 Å². The fourth-order valence-electron chi connectivity index (χ4n) is 3.88. The van der Waals surface area contributed by atoms with Gasteiger partial charge in [-0.3, -0.25) is 0 Å². The number of aliphatic hydroxyl groups excluding tert-OH is 2. The first-order valence-electron chi connectivity index (χ1n) is 6.52. The first-order valence-corrected chi connectivity index (χ1v) is 6.52. The largest absolute Gasteiger partial charge is 0.392 e. The van der Waals surface area contributed by atoms with E-state index in [-0.39, 0.29) is 23.9 Å². The van der Waals surface area contributed by atoms with E-state index in [0.717, 1.165) is 16.7 Å². The molecule has 1 aliphatic heterocycles. The molecule has 1 heterocycles. The molecule has 2 aliphatic carbocycles. The Morgan fingerprint density at radius 3 is 2.50 bits per heavy atom. The number of aliphatic hydroxyl groups is 2. The highest BCUT2D eigenvalue weighted by Gasteiger charge is 2.52. The van der Waals surface area contributed by atoms with Crippen LogP contribution in [0.5, 0.6) is 0 Å². The fraction of sp³-hybridized carbons (Fsp3) is 0.600. The Balaban J connectivity index is 2.02. The zero-order chi connectivity index (χ0) is 13.0. The Morgan fingerprint density at radius 1 is 1.06 bits per heavy atom. The quantitative estimate of drug-likeness (QED) is 0.638. The van der Waals surface area contributed by atoms with Crippen molar-refractivity contribution in [1.82, 2.24) is 0 Å². The normalized spacial score (nSPS) is 48.0. The second kappa shape index (κ2) is 4.05. The molecule has 0 aromatic rings. The Bertz CT molecular complexity index is 425. The van der Waals surface area contributed by atoms with Crippen LogP contribution in [-0.2, 0) is 4.74 Å². The molecule has 0 bridgehead atoms. The molecule has 18 heavy (non-hydrogen) atoms. The molecule has 0 unspecified atom stereocenters. The second-order valence-corrected chi connectivity index (χ2v) is 5.85. The van der Waals surface area contributed by atoms with Gasteiger partial charge >= 0.3 is 0 Å². The third-order valence-electron chi connectivity index (χ3n) is 4.82. The SMILES string of the molecule is C=C1CO[C@@H]2[C@H]3C(=C)[C@@H](O)C[C@H]3C(=C)C[C@H](O)[C@@H]12. The Labute approximate surface area is 107 Å². The fourth-order valence-corrected chi connectivity index (χ4v) is 3.88. The molecule has 1 saturated heterocycles. The molecule has 3 nitrogen and oxygen atoms in total. The van der Waals surface area contributed by atoms with E-state index < -0.39 is 12.2 Å². The lowest BCUT2D eigenvalue weighted by molar-refractivity contribution is 0.0149. The molecule has 3 heteroatoms. The first-order chi connectivity index (χ1) is 8.50. The molecule has 3 rings (SSSR count). The summed E-state index contributed by atoms with van der Waals surface area (Å²) >= 11 is 0. The van der Waals surface area contributed by atoms with Crippen molar-refractivity contribution in [2.75, 3.05) is 6.61 Å². The van der Waals surface area contributed by atoms with Gasteiger partial charge in [0.15, 0.2) is 0 Å². The van der Waals surface area contributed by atoms with E-state index in [2.05, 4.69) is 19.7 Å². The molecule has 0 amide bonds. The molecular weight excluding hydrogens is 228 g/mol. The van der Waals surface area contributed by atoms with Gasteiger partial charge in [0.1, 0.15) is 0 Å². The van der Waals surface area contributed by atoms with Crippen molar-refractivity contribution in [3.8, 4) is 0 Å². The topological polar surface area (TPSA) is 49.7 Å². The Kier molecular flexibility index (Phi) is 2.73. The number of ether oxygens (including phenoxy) is 1. The van der Waals surface area contributed by atoms with E-state index in [9.17, 15) is 10.2 Å². The Morgan fingerprint density at radius 2 is 1.78 bits per heavy atom. The maximum Gasteiger partial charge on any atom is 0.0757 e. The highest BCUT2D eigenvalue weighted by atomic mass is 16.5. The first kappa shape index (κ1) is 12.2. The van der Waals surface area contributed by atoms with E-state index >= 15 is 0 Å². The monoisotopic (exact) mass is 248 g/mol. The van der Waals surface area contributed by atoms with Gasteiger partial charge in [-0.05, 0) is 29.9 Å². The van der Waals surface area contributed by atoms with Crippen LogP contribution < -0.4 is 0 Å². The lowest BCUT2D eigenvalue weighted by atomic mass is 9.81. The minimum absolute atomic E-state index is 0.0428.